The van der Waals surface area contributed by atoms with Crippen LogP contribution in [0.5, 0.6) is 0 Å². The lowest BCUT2D eigenvalue weighted by molar-refractivity contribution is 0.302. The number of halogens is 1. The topological polar surface area (TPSA) is 35.5 Å². The van der Waals surface area contributed by atoms with E-state index in [4.69, 9.17) is 5.11 Å². The zero-order valence-corrected chi connectivity index (χ0v) is 13.7. The predicted molar refractivity (Wildman–Crippen MR) is 85.8 cm³/mol. The van der Waals surface area contributed by atoms with Gasteiger partial charge in [-0.2, -0.15) is 0 Å². The van der Waals surface area contributed by atoms with E-state index in [9.17, 15) is 0 Å². The fourth-order valence-corrected chi connectivity index (χ4v) is 2.86. The Hall–Kier alpha value is -0.580. The van der Waals surface area contributed by atoms with Crippen LogP contribution in [0.4, 0.5) is 5.69 Å². The van der Waals surface area contributed by atoms with Gasteiger partial charge < -0.3 is 15.3 Å². The Labute approximate surface area is 125 Å². The predicted octanol–water partition coefficient (Wildman–Crippen LogP) is 3.33. The molecule has 0 amide bonds. The molecule has 0 aliphatic rings. The van der Waals surface area contributed by atoms with Gasteiger partial charge in [-0.1, -0.05) is 19.9 Å². The number of nitrogens with zero attached hydrogens (tertiary/aromatic N) is 1. The van der Waals surface area contributed by atoms with Crippen molar-refractivity contribution in [2.75, 3.05) is 31.1 Å². The minimum atomic E-state index is 0.183. The third kappa shape index (κ3) is 4.79. The Morgan fingerprint density at radius 3 is 2.58 bits per heavy atom. The molecule has 0 heterocycles. The highest BCUT2D eigenvalue weighted by atomic mass is 79.9. The van der Waals surface area contributed by atoms with Crippen LogP contribution in [0, 0.1) is 0 Å². The van der Waals surface area contributed by atoms with Crippen LogP contribution < -0.4 is 10.2 Å². The van der Waals surface area contributed by atoms with E-state index in [1.807, 2.05) is 0 Å². The molecular weight excluding hydrogens is 304 g/mol. The van der Waals surface area contributed by atoms with Crippen molar-refractivity contribution in [2.24, 2.45) is 0 Å². The van der Waals surface area contributed by atoms with E-state index in [1.54, 1.807) is 0 Å². The van der Waals surface area contributed by atoms with Gasteiger partial charge in [0.15, 0.2) is 0 Å². The van der Waals surface area contributed by atoms with Crippen molar-refractivity contribution in [3.8, 4) is 0 Å². The highest BCUT2D eigenvalue weighted by Gasteiger charge is 2.11. The van der Waals surface area contributed by atoms with Crippen LogP contribution in [0.1, 0.15) is 38.8 Å². The lowest BCUT2D eigenvalue weighted by Gasteiger charge is -2.25. The molecule has 0 aliphatic heterocycles. The van der Waals surface area contributed by atoms with Crippen molar-refractivity contribution in [1.29, 1.82) is 0 Å². The summed E-state index contributed by atoms with van der Waals surface area (Å²) in [6.45, 7) is 9.22. The number of rotatable bonds is 8. The number of hydrogen-bond acceptors (Lipinski definition) is 3. The minimum absolute atomic E-state index is 0.183. The van der Waals surface area contributed by atoms with Gasteiger partial charge in [0, 0.05) is 23.6 Å². The van der Waals surface area contributed by atoms with Gasteiger partial charge in [0.25, 0.3) is 0 Å². The van der Waals surface area contributed by atoms with Gasteiger partial charge in [-0.05, 0) is 53.5 Å². The number of aliphatic hydroxyl groups is 1. The van der Waals surface area contributed by atoms with E-state index < -0.39 is 0 Å². The molecule has 19 heavy (non-hydrogen) atoms. The monoisotopic (exact) mass is 328 g/mol. The molecular formula is C15H25BrN2O. The van der Waals surface area contributed by atoms with Crippen LogP contribution >= 0.6 is 15.9 Å². The number of anilines is 1. The largest absolute Gasteiger partial charge is 0.395 e. The lowest BCUT2D eigenvalue weighted by atomic mass is 10.1. The molecule has 1 aromatic rings. The van der Waals surface area contributed by atoms with E-state index in [0.717, 1.165) is 29.7 Å². The first-order valence-electron chi connectivity index (χ1n) is 7.02. The van der Waals surface area contributed by atoms with Crippen molar-refractivity contribution < 1.29 is 5.11 Å². The van der Waals surface area contributed by atoms with E-state index in [1.165, 1.54) is 5.56 Å². The average Bonchev–Trinajstić information content (AvgIpc) is 2.39. The Kier molecular flexibility index (Phi) is 7.42. The van der Waals surface area contributed by atoms with Crippen molar-refractivity contribution in [3.05, 3.63) is 28.2 Å². The smallest absolute Gasteiger partial charge is 0.0606 e. The van der Waals surface area contributed by atoms with Crippen molar-refractivity contribution in [1.82, 2.24) is 5.32 Å². The molecule has 1 aromatic carbocycles. The molecule has 0 saturated carbocycles. The second-order valence-corrected chi connectivity index (χ2v) is 5.56. The van der Waals surface area contributed by atoms with Gasteiger partial charge in [0.05, 0.1) is 12.3 Å². The molecule has 0 saturated heterocycles. The first-order chi connectivity index (χ1) is 9.13. The average molecular weight is 329 g/mol. The SMILES string of the molecule is CCCN(CCO)c1ccc(C(C)NCC)cc1Br. The molecule has 0 bridgehead atoms. The Morgan fingerprint density at radius 1 is 1.32 bits per heavy atom. The summed E-state index contributed by atoms with van der Waals surface area (Å²) in [7, 11) is 0. The highest BCUT2D eigenvalue weighted by molar-refractivity contribution is 9.10. The van der Waals surface area contributed by atoms with E-state index in [-0.39, 0.29) is 6.61 Å². The Bertz CT molecular complexity index is 378. The van der Waals surface area contributed by atoms with Gasteiger partial charge >= 0.3 is 0 Å². The van der Waals surface area contributed by atoms with E-state index >= 15 is 0 Å². The molecule has 0 fully saturated rings. The molecule has 1 unspecified atom stereocenters. The minimum Gasteiger partial charge on any atom is -0.395 e. The molecule has 108 valence electrons. The normalized spacial score (nSPS) is 12.5. The van der Waals surface area contributed by atoms with Crippen LogP contribution in [0.2, 0.25) is 0 Å². The van der Waals surface area contributed by atoms with Crippen molar-refractivity contribution >= 4 is 21.6 Å². The molecule has 4 heteroatoms. The standard InChI is InChI=1S/C15H25BrN2O/c1-4-8-18(9-10-19)15-7-6-13(11-14(15)16)12(3)17-5-2/h6-7,11-12,17,19H,4-5,8-10H2,1-3H3. The van der Waals surface area contributed by atoms with Gasteiger partial charge in [0.2, 0.25) is 0 Å². The fourth-order valence-electron chi connectivity index (χ4n) is 2.22. The van der Waals surface area contributed by atoms with E-state index in [0.29, 0.717) is 12.6 Å². The molecule has 0 radical (unpaired) electrons. The van der Waals surface area contributed by atoms with Crippen LogP contribution in [-0.4, -0.2) is 31.3 Å². The number of aliphatic hydroxyl groups excluding tert-OH is 1. The zero-order chi connectivity index (χ0) is 14.3. The van der Waals surface area contributed by atoms with Crippen molar-refractivity contribution in [3.63, 3.8) is 0 Å². The third-order valence-corrected chi connectivity index (χ3v) is 3.82. The maximum atomic E-state index is 9.16. The zero-order valence-electron chi connectivity index (χ0n) is 12.1. The Morgan fingerprint density at radius 2 is 2.05 bits per heavy atom. The summed E-state index contributed by atoms with van der Waals surface area (Å²) < 4.78 is 1.09. The molecule has 1 atom stereocenters. The molecule has 0 spiro atoms. The molecule has 0 aromatic heterocycles. The Balaban J connectivity index is 2.91. The fraction of sp³-hybridized carbons (Fsp3) is 0.600. The number of benzene rings is 1. The molecule has 3 nitrogen and oxygen atoms in total. The summed E-state index contributed by atoms with van der Waals surface area (Å²) in [4.78, 5) is 2.21. The third-order valence-electron chi connectivity index (χ3n) is 3.19. The summed E-state index contributed by atoms with van der Waals surface area (Å²) in [6.07, 6.45) is 1.07. The second-order valence-electron chi connectivity index (χ2n) is 4.70. The van der Waals surface area contributed by atoms with Crippen LogP contribution in [0.15, 0.2) is 22.7 Å². The number of nitrogens with one attached hydrogen (secondary N) is 1. The van der Waals surface area contributed by atoms with Crippen LogP contribution in [-0.2, 0) is 0 Å². The summed E-state index contributed by atoms with van der Waals surface area (Å²) in [6, 6.07) is 6.82. The van der Waals surface area contributed by atoms with E-state index in [2.05, 4.69) is 65.1 Å². The summed E-state index contributed by atoms with van der Waals surface area (Å²) in [5.41, 5.74) is 2.43. The van der Waals surface area contributed by atoms with Crippen molar-refractivity contribution in [2.45, 2.75) is 33.2 Å². The summed E-state index contributed by atoms with van der Waals surface area (Å²) in [5, 5.41) is 12.6. The van der Waals surface area contributed by atoms with Crippen LogP contribution in [0.3, 0.4) is 0 Å². The molecule has 1 rings (SSSR count). The first-order valence-corrected chi connectivity index (χ1v) is 7.81. The van der Waals surface area contributed by atoms with Gasteiger partial charge in [0.1, 0.15) is 0 Å². The van der Waals surface area contributed by atoms with Gasteiger partial charge in [-0.15, -0.1) is 0 Å². The van der Waals surface area contributed by atoms with Gasteiger partial charge in [-0.25, -0.2) is 0 Å². The summed E-state index contributed by atoms with van der Waals surface area (Å²) >= 11 is 3.66. The first kappa shape index (κ1) is 16.5. The quantitative estimate of drug-likeness (QED) is 0.768. The lowest BCUT2D eigenvalue weighted by Crippen LogP contribution is -2.27. The highest BCUT2D eigenvalue weighted by Crippen LogP contribution is 2.29. The maximum absolute atomic E-state index is 9.16. The molecule has 2 N–H and O–H groups in total. The number of hydrogen-bond donors (Lipinski definition) is 2. The van der Waals surface area contributed by atoms with Gasteiger partial charge in [-0.3, -0.25) is 0 Å². The maximum Gasteiger partial charge on any atom is 0.0606 e. The van der Waals surface area contributed by atoms with Crippen LogP contribution in [0.25, 0.3) is 0 Å². The summed E-state index contributed by atoms with van der Waals surface area (Å²) in [5.74, 6) is 0. The molecule has 0 aliphatic carbocycles. The second kappa shape index (κ2) is 8.56.